The van der Waals surface area contributed by atoms with Crippen LogP contribution in [0.25, 0.3) is 0 Å². The molecule has 116 valence electrons. The minimum atomic E-state index is -0.294. The Morgan fingerprint density at radius 2 is 2.00 bits per heavy atom. The highest BCUT2D eigenvalue weighted by atomic mass is 16.3. The summed E-state index contributed by atoms with van der Waals surface area (Å²) < 4.78 is 5.05. The molecular weight excluding hydrogens is 290 g/mol. The van der Waals surface area contributed by atoms with E-state index in [0.717, 1.165) is 5.82 Å². The number of anilines is 2. The van der Waals surface area contributed by atoms with Gasteiger partial charge in [0.2, 0.25) is 0 Å². The number of carbonyl (C=O) groups is 1. The Bertz CT molecular complexity index is 780. The first-order chi connectivity index (χ1) is 11.2. The molecule has 3 rings (SSSR count). The summed E-state index contributed by atoms with van der Waals surface area (Å²) in [6.45, 7) is 2.79. The van der Waals surface area contributed by atoms with Crippen molar-refractivity contribution in [3.05, 3.63) is 77.9 Å². The molecule has 5 heteroatoms. The Labute approximate surface area is 134 Å². The van der Waals surface area contributed by atoms with Crippen LogP contribution < -0.4 is 10.6 Å². The van der Waals surface area contributed by atoms with E-state index >= 15 is 0 Å². The molecule has 2 aromatic heterocycles. The van der Waals surface area contributed by atoms with Crippen LogP contribution in [0, 0.1) is 6.92 Å². The molecule has 0 aliphatic carbocycles. The van der Waals surface area contributed by atoms with Crippen molar-refractivity contribution in [2.24, 2.45) is 0 Å². The maximum Gasteiger partial charge on any atom is 0.291 e. The van der Waals surface area contributed by atoms with E-state index in [4.69, 9.17) is 4.42 Å². The highest BCUT2D eigenvalue weighted by Gasteiger charge is 2.08. The highest BCUT2D eigenvalue weighted by molar-refractivity contribution is 6.02. The molecule has 0 fully saturated rings. The lowest BCUT2D eigenvalue weighted by molar-refractivity contribution is 0.0996. The van der Waals surface area contributed by atoms with Gasteiger partial charge in [-0.05, 0) is 42.3 Å². The summed E-state index contributed by atoms with van der Waals surface area (Å²) in [6.07, 6.45) is 3.08. The Morgan fingerprint density at radius 1 is 1.13 bits per heavy atom. The van der Waals surface area contributed by atoms with Gasteiger partial charge in [0.1, 0.15) is 5.82 Å². The fourth-order valence-electron chi connectivity index (χ4n) is 2.17. The minimum absolute atomic E-state index is 0.270. The smallest absolute Gasteiger partial charge is 0.291 e. The molecule has 1 aromatic carbocycles. The lowest BCUT2D eigenvalue weighted by Crippen LogP contribution is -2.11. The van der Waals surface area contributed by atoms with E-state index in [2.05, 4.69) is 34.7 Å². The quantitative estimate of drug-likeness (QED) is 0.751. The van der Waals surface area contributed by atoms with Crippen molar-refractivity contribution in [3.63, 3.8) is 0 Å². The lowest BCUT2D eigenvalue weighted by Gasteiger charge is -2.09. The molecule has 5 nitrogen and oxygen atoms in total. The predicted molar refractivity (Wildman–Crippen MR) is 89.4 cm³/mol. The van der Waals surface area contributed by atoms with Crippen molar-refractivity contribution in [1.82, 2.24) is 4.98 Å². The van der Waals surface area contributed by atoms with E-state index in [1.54, 1.807) is 24.4 Å². The molecule has 0 spiro atoms. The van der Waals surface area contributed by atoms with Crippen LogP contribution in [0.15, 0.2) is 65.4 Å². The number of pyridine rings is 1. The van der Waals surface area contributed by atoms with Gasteiger partial charge in [-0.3, -0.25) is 4.79 Å². The molecule has 0 atom stereocenters. The van der Waals surface area contributed by atoms with Gasteiger partial charge in [-0.25, -0.2) is 4.98 Å². The Morgan fingerprint density at radius 3 is 2.70 bits per heavy atom. The number of rotatable bonds is 5. The topological polar surface area (TPSA) is 67.2 Å². The van der Waals surface area contributed by atoms with E-state index < -0.39 is 0 Å². The second-order valence-electron chi connectivity index (χ2n) is 5.14. The van der Waals surface area contributed by atoms with Gasteiger partial charge in [0.05, 0.1) is 18.1 Å². The van der Waals surface area contributed by atoms with Crippen LogP contribution in [-0.4, -0.2) is 10.9 Å². The number of benzene rings is 1. The first kappa shape index (κ1) is 14.8. The summed E-state index contributed by atoms with van der Waals surface area (Å²) in [7, 11) is 0. The lowest BCUT2D eigenvalue weighted by atomic mass is 10.1. The van der Waals surface area contributed by atoms with Gasteiger partial charge in [0.25, 0.3) is 5.91 Å². The number of hydrogen-bond acceptors (Lipinski definition) is 4. The van der Waals surface area contributed by atoms with Crippen LogP contribution in [0.5, 0.6) is 0 Å². The minimum Gasteiger partial charge on any atom is -0.459 e. The zero-order chi connectivity index (χ0) is 16.1. The maximum atomic E-state index is 11.9. The zero-order valence-electron chi connectivity index (χ0n) is 12.7. The van der Waals surface area contributed by atoms with Crippen molar-refractivity contribution in [1.29, 1.82) is 0 Å². The van der Waals surface area contributed by atoms with E-state index in [1.165, 1.54) is 17.4 Å². The van der Waals surface area contributed by atoms with E-state index in [0.29, 0.717) is 12.2 Å². The number of amides is 1. The number of carbonyl (C=O) groups excluding carboxylic acids is 1. The Balaban J connectivity index is 1.59. The number of aromatic nitrogens is 1. The van der Waals surface area contributed by atoms with Gasteiger partial charge in [-0.1, -0.05) is 24.3 Å². The molecule has 0 bridgehead atoms. The first-order valence-electron chi connectivity index (χ1n) is 7.31. The van der Waals surface area contributed by atoms with Crippen LogP contribution in [0.2, 0.25) is 0 Å². The number of hydrogen-bond donors (Lipinski definition) is 2. The Kier molecular flexibility index (Phi) is 4.38. The molecule has 2 N–H and O–H groups in total. The summed E-state index contributed by atoms with van der Waals surface area (Å²) in [5.74, 6) is 0.730. The summed E-state index contributed by atoms with van der Waals surface area (Å²) >= 11 is 0. The normalized spacial score (nSPS) is 10.3. The maximum absolute atomic E-state index is 11.9. The fraction of sp³-hybridized carbons (Fsp3) is 0.111. The van der Waals surface area contributed by atoms with Gasteiger partial charge in [-0.15, -0.1) is 0 Å². The molecule has 23 heavy (non-hydrogen) atoms. The molecule has 0 saturated heterocycles. The number of aryl methyl sites for hydroxylation is 1. The predicted octanol–water partition coefficient (Wildman–Crippen LogP) is 3.85. The van der Waals surface area contributed by atoms with Crippen LogP contribution in [0.3, 0.4) is 0 Å². The van der Waals surface area contributed by atoms with Crippen LogP contribution in [0.1, 0.15) is 21.7 Å². The zero-order valence-corrected chi connectivity index (χ0v) is 12.7. The molecule has 2 heterocycles. The molecular formula is C18H17N3O2. The van der Waals surface area contributed by atoms with Crippen molar-refractivity contribution in [2.75, 3.05) is 10.6 Å². The average Bonchev–Trinajstić information content (AvgIpc) is 3.10. The third kappa shape index (κ3) is 3.77. The fourth-order valence-corrected chi connectivity index (χ4v) is 2.17. The average molecular weight is 307 g/mol. The second-order valence-corrected chi connectivity index (χ2v) is 5.14. The molecule has 0 aliphatic rings. The third-order valence-electron chi connectivity index (χ3n) is 3.49. The third-order valence-corrected chi connectivity index (χ3v) is 3.49. The summed E-state index contributed by atoms with van der Waals surface area (Å²) in [5, 5.41) is 6.00. The molecule has 0 radical (unpaired) electrons. The molecule has 0 saturated carbocycles. The van der Waals surface area contributed by atoms with Crippen LogP contribution >= 0.6 is 0 Å². The van der Waals surface area contributed by atoms with Gasteiger partial charge in [0, 0.05) is 6.54 Å². The summed E-state index contributed by atoms with van der Waals surface area (Å²) in [5.41, 5.74) is 3.08. The van der Waals surface area contributed by atoms with Crippen molar-refractivity contribution >= 4 is 17.4 Å². The van der Waals surface area contributed by atoms with Crippen molar-refractivity contribution < 1.29 is 9.21 Å². The largest absolute Gasteiger partial charge is 0.459 e. The SMILES string of the molecule is Cc1ccccc1CNc1ccc(NC(=O)c2ccco2)cn1. The Hall–Kier alpha value is -3.08. The molecule has 1 amide bonds. The first-order valence-corrected chi connectivity index (χ1v) is 7.31. The van der Waals surface area contributed by atoms with Crippen LogP contribution in [-0.2, 0) is 6.54 Å². The van der Waals surface area contributed by atoms with E-state index in [9.17, 15) is 4.79 Å². The van der Waals surface area contributed by atoms with Gasteiger partial charge in [0.15, 0.2) is 5.76 Å². The van der Waals surface area contributed by atoms with Crippen molar-refractivity contribution in [3.8, 4) is 0 Å². The van der Waals surface area contributed by atoms with Crippen molar-refractivity contribution in [2.45, 2.75) is 13.5 Å². The summed E-state index contributed by atoms with van der Waals surface area (Å²) in [6, 6.07) is 15.1. The second kappa shape index (κ2) is 6.79. The molecule has 0 aliphatic heterocycles. The molecule has 3 aromatic rings. The molecule has 0 unspecified atom stereocenters. The van der Waals surface area contributed by atoms with Gasteiger partial charge in [-0.2, -0.15) is 0 Å². The van der Waals surface area contributed by atoms with Gasteiger partial charge >= 0.3 is 0 Å². The number of nitrogens with zero attached hydrogens (tertiary/aromatic N) is 1. The number of nitrogens with one attached hydrogen (secondary N) is 2. The van der Waals surface area contributed by atoms with Crippen LogP contribution in [0.4, 0.5) is 11.5 Å². The van der Waals surface area contributed by atoms with E-state index in [-0.39, 0.29) is 11.7 Å². The monoisotopic (exact) mass is 307 g/mol. The summed E-state index contributed by atoms with van der Waals surface area (Å²) in [4.78, 5) is 16.2. The van der Waals surface area contributed by atoms with Gasteiger partial charge < -0.3 is 15.1 Å². The highest BCUT2D eigenvalue weighted by Crippen LogP contribution is 2.14. The standard InChI is InChI=1S/C18H17N3O2/c1-13-5-2-3-6-14(13)11-19-17-9-8-15(12-20-17)21-18(22)16-7-4-10-23-16/h2-10,12H,11H2,1H3,(H,19,20)(H,21,22). The number of furan rings is 1. The van der Waals surface area contributed by atoms with E-state index in [1.807, 2.05) is 18.2 Å².